The zero-order chi connectivity index (χ0) is 5.98. The fraction of sp³-hybridized carbons (Fsp3) is 0.500. The van der Waals surface area contributed by atoms with Gasteiger partial charge in [-0.1, -0.05) is 0 Å². The average Bonchev–Trinajstić information content (AvgIpc) is 1.77. The standard InChI is InChI=1S/C4H5FN2O/c5-3-1-6-4(8)7-2-3/h1,3H,2H2,(H,7,8). The van der Waals surface area contributed by atoms with Crippen LogP contribution in [-0.2, 0) is 0 Å². The van der Waals surface area contributed by atoms with Gasteiger partial charge >= 0.3 is 6.03 Å². The molecule has 0 saturated heterocycles. The van der Waals surface area contributed by atoms with E-state index in [1.807, 2.05) is 0 Å². The number of urea groups is 1. The molecule has 0 aromatic heterocycles. The van der Waals surface area contributed by atoms with Crippen LogP contribution in [0.15, 0.2) is 4.99 Å². The fourth-order valence-electron chi connectivity index (χ4n) is 0.432. The molecule has 1 aliphatic rings. The normalized spacial score (nSPS) is 27.6. The minimum Gasteiger partial charge on any atom is -0.333 e. The largest absolute Gasteiger partial charge is 0.340 e. The maximum atomic E-state index is 12.0. The average molecular weight is 116 g/mol. The Kier molecular flexibility index (Phi) is 1.24. The fourth-order valence-corrected chi connectivity index (χ4v) is 0.432. The Balaban J connectivity index is 2.55. The molecule has 0 saturated carbocycles. The lowest BCUT2D eigenvalue weighted by Crippen LogP contribution is -2.33. The van der Waals surface area contributed by atoms with Crippen LogP contribution in [0.4, 0.5) is 9.18 Å². The van der Waals surface area contributed by atoms with E-state index in [9.17, 15) is 9.18 Å². The Morgan fingerprint density at radius 1 is 2.00 bits per heavy atom. The number of carbonyl (C=O) groups is 1. The molecule has 1 N–H and O–H groups in total. The molecular weight excluding hydrogens is 111 g/mol. The molecular formula is C4H5FN2O. The van der Waals surface area contributed by atoms with Crippen LogP contribution in [0.25, 0.3) is 0 Å². The van der Waals surface area contributed by atoms with Crippen LogP contribution in [0.1, 0.15) is 0 Å². The third-order valence-corrected chi connectivity index (χ3v) is 0.802. The van der Waals surface area contributed by atoms with Gasteiger partial charge in [0.15, 0.2) is 6.17 Å². The first-order chi connectivity index (χ1) is 3.79. The molecule has 8 heavy (non-hydrogen) atoms. The van der Waals surface area contributed by atoms with E-state index >= 15 is 0 Å². The molecule has 4 heteroatoms. The molecule has 0 fully saturated rings. The zero-order valence-electron chi connectivity index (χ0n) is 4.10. The Hall–Kier alpha value is -0.930. The van der Waals surface area contributed by atoms with Gasteiger partial charge in [-0.15, -0.1) is 0 Å². The molecule has 0 aromatic carbocycles. The summed E-state index contributed by atoms with van der Waals surface area (Å²) in [4.78, 5) is 13.3. The predicted octanol–water partition coefficient (Wildman–Crippen LogP) is 0.119. The van der Waals surface area contributed by atoms with Gasteiger partial charge in [-0.05, 0) is 0 Å². The molecule has 0 aliphatic carbocycles. The van der Waals surface area contributed by atoms with E-state index in [-0.39, 0.29) is 6.54 Å². The second kappa shape index (κ2) is 1.90. The Morgan fingerprint density at radius 3 is 3.12 bits per heavy atom. The van der Waals surface area contributed by atoms with Crippen molar-refractivity contribution in [2.24, 2.45) is 4.99 Å². The minimum absolute atomic E-state index is 0.0579. The lowest BCUT2D eigenvalue weighted by molar-refractivity contribution is 0.244. The Labute approximate surface area is 45.6 Å². The molecule has 1 aliphatic heterocycles. The molecule has 1 heterocycles. The lowest BCUT2D eigenvalue weighted by atomic mass is 10.4. The van der Waals surface area contributed by atoms with Crippen LogP contribution in [0.3, 0.4) is 0 Å². The highest BCUT2D eigenvalue weighted by molar-refractivity contribution is 5.87. The molecule has 0 aromatic rings. The number of hydrogen-bond donors (Lipinski definition) is 1. The van der Waals surface area contributed by atoms with Gasteiger partial charge in [0, 0.05) is 6.21 Å². The van der Waals surface area contributed by atoms with Crippen molar-refractivity contribution in [1.82, 2.24) is 5.32 Å². The van der Waals surface area contributed by atoms with E-state index in [4.69, 9.17) is 0 Å². The minimum atomic E-state index is -1.10. The van der Waals surface area contributed by atoms with Gasteiger partial charge in [-0.25, -0.2) is 14.2 Å². The van der Waals surface area contributed by atoms with Crippen molar-refractivity contribution in [1.29, 1.82) is 0 Å². The van der Waals surface area contributed by atoms with Gasteiger partial charge < -0.3 is 5.32 Å². The van der Waals surface area contributed by atoms with E-state index in [0.717, 1.165) is 6.21 Å². The molecule has 0 spiro atoms. The summed E-state index contributed by atoms with van der Waals surface area (Å²) in [5.41, 5.74) is 0. The van der Waals surface area contributed by atoms with E-state index in [0.29, 0.717) is 0 Å². The number of aliphatic imine (C=N–C) groups is 1. The third kappa shape index (κ3) is 1.02. The van der Waals surface area contributed by atoms with E-state index in [2.05, 4.69) is 10.3 Å². The van der Waals surface area contributed by atoms with E-state index in [1.165, 1.54) is 0 Å². The topological polar surface area (TPSA) is 41.5 Å². The van der Waals surface area contributed by atoms with Crippen molar-refractivity contribution in [3.05, 3.63) is 0 Å². The third-order valence-electron chi connectivity index (χ3n) is 0.802. The van der Waals surface area contributed by atoms with Crippen molar-refractivity contribution in [2.45, 2.75) is 6.17 Å². The highest BCUT2D eigenvalue weighted by Gasteiger charge is 2.09. The van der Waals surface area contributed by atoms with Gasteiger partial charge in [-0.3, -0.25) is 0 Å². The first kappa shape index (κ1) is 5.21. The van der Waals surface area contributed by atoms with Crippen LogP contribution in [-0.4, -0.2) is 25.0 Å². The highest BCUT2D eigenvalue weighted by Crippen LogP contribution is 1.90. The summed E-state index contributed by atoms with van der Waals surface area (Å²) in [5.74, 6) is 0. The number of nitrogens with one attached hydrogen (secondary N) is 1. The van der Waals surface area contributed by atoms with E-state index < -0.39 is 12.2 Å². The summed E-state index contributed by atoms with van der Waals surface area (Å²) in [6, 6.07) is -0.459. The number of halogens is 1. The highest BCUT2D eigenvalue weighted by atomic mass is 19.1. The first-order valence-corrected chi connectivity index (χ1v) is 2.25. The summed E-state index contributed by atoms with van der Waals surface area (Å²) in [7, 11) is 0. The van der Waals surface area contributed by atoms with Gasteiger partial charge in [0.1, 0.15) is 0 Å². The monoisotopic (exact) mass is 116 g/mol. The molecule has 3 nitrogen and oxygen atoms in total. The number of hydrogen-bond acceptors (Lipinski definition) is 1. The zero-order valence-corrected chi connectivity index (χ0v) is 4.10. The summed E-state index contributed by atoms with van der Waals surface area (Å²) < 4.78 is 12.0. The molecule has 0 radical (unpaired) electrons. The predicted molar refractivity (Wildman–Crippen MR) is 26.8 cm³/mol. The number of carbonyl (C=O) groups excluding carboxylic acids is 1. The van der Waals surface area contributed by atoms with Gasteiger partial charge in [0.2, 0.25) is 0 Å². The number of rotatable bonds is 0. The second-order valence-electron chi connectivity index (χ2n) is 1.48. The van der Waals surface area contributed by atoms with Crippen LogP contribution >= 0.6 is 0 Å². The Bertz CT molecular complexity index is 134. The first-order valence-electron chi connectivity index (χ1n) is 2.25. The van der Waals surface area contributed by atoms with Crippen molar-refractivity contribution < 1.29 is 9.18 Å². The lowest BCUT2D eigenvalue weighted by Gasteiger charge is -2.06. The molecule has 0 bridgehead atoms. The number of nitrogens with zero attached hydrogens (tertiary/aromatic N) is 1. The molecule has 1 rings (SSSR count). The quantitative estimate of drug-likeness (QED) is 0.479. The molecule has 2 amide bonds. The summed E-state index contributed by atoms with van der Waals surface area (Å²) in [6.07, 6.45) is -0.105. The summed E-state index contributed by atoms with van der Waals surface area (Å²) in [5, 5.41) is 2.22. The van der Waals surface area contributed by atoms with Crippen molar-refractivity contribution in [3.63, 3.8) is 0 Å². The maximum Gasteiger partial charge on any atom is 0.340 e. The second-order valence-corrected chi connectivity index (χ2v) is 1.48. The van der Waals surface area contributed by atoms with Crippen LogP contribution in [0.5, 0.6) is 0 Å². The SMILES string of the molecule is O=C1N=CC(F)CN1. The van der Waals surface area contributed by atoms with E-state index in [1.54, 1.807) is 0 Å². The van der Waals surface area contributed by atoms with Gasteiger partial charge in [0.25, 0.3) is 0 Å². The van der Waals surface area contributed by atoms with Crippen molar-refractivity contribution in [3.8, 4) is 0 Å². The van der Waals surface area contributed by atoms with Crippen molar-refractivity contribution >= 4 is 12.2 Å². The van der Waals surface area contributed by atoms with Crippen LogP contribution < -0.4 is 5.32 Å². The Morgan fingerprint density at radius 2 is 2.75 bits per heavy atom. The van der Waals surface area contributed by atoms with Gasteiger partial charge in [0.05, 0.1) is 6.54 Å². The number of amides is 2. The molecule has 44 valence electrons. The smallest absolute Gasteiger partial charge is 0.333 e. The molecule has 1 atom stereocenters. The number of alkyl halides is 1. The summed E-state index contributed by atoms with van der Waals surface area (Å²) in [6.45, 7) is 0.0579. The molecule has 1 unspecified atom stereocenters. The summed E-state index contributed by atoms with van der Waals surface area (Å²) >= 11 is 0. The van der Waals surface area contributed by atoms with Crippen LogP contribution in [0, 0.1) is 0 Å². The maximum absolute atomic E-state index is 12.0. The van der Waals surface area contributed by atoms with Gasteiger partial charge in [-0.2, -0.15) is 0 Å². The van der Waals surface area contributed by atoms with Crippen molar-refractivity contribution in [2.75, 3.05) is 6.54 Å². The van der Waals surface area contributed by atoms with Crippen LogP contribution in [0.2, 0.25) is 0 Å².